The number of hydrogen-bond acceptors (Lipinski definition) is 3. The lowest BCUT2D eigenvalue weighted by molar-refractivity contribution is -0.346. The second-order valence-electron chi connectivity index (χ2n) is 6.10. The minimum atomic E-state index is 0.495. The van der Waals surface area contributed by atoms with Crippen molar-refractivity contribution >= 4 is 46.5 Å². The van der Waals surface area contributed by atoms with Crippen molar-refractivity contribution in [2.24, 2.45) is 0 Å². The van der Waals surface area contributed by atoms with Crippen LogP contribution in [0.3, 0.4) is 0 Å². The van der Waals surface area contributed by atoms with Crippen LogP contribution in [-0.2, 0) is 0 Å². The Morgan fingerprint density at radius 3 is 2.03 bits per heavy atom. The van der Waals surface area contributed by atoms with Crippen LogP contribution in [0.5, 0.6) is 11.5 Å². The molecule has 6 heteroatoms. The van der Waals surface area contributed by atoms with Gasteiger partial charge in [-0.2, -0.15) is 0 Å². The second kappa shape index (κ2) is 10.0. The van der Waals surface area contributed by atoms with E-state index in [2.05, 4.69) is 10.3 Å². The molecule has 3 aromatic rings. The van der Waals surface area contributed by atoms with Crippen molar-refractivity contribution < 1.29 is 14.5 Å². The normalized spacial score (nSPS) is 11.5. The van der Waals surface area contributed by atoms with E-state index in [1.54, 1.807) is 20.3 Å². The standard InChI is InChI=1S/C23H20Cl2N2O2/c1-28-19-8-4-17(5-9-19)26-14-13-23(16-3-12-21(24)22(25)15-16)27-18-6-10-20(29-2)11-7-18/h3-15,27H,1-2H3/p+1. The molecule has 0 fully saturated rings. The smallest absolute Gasteiger partial charge is 0.203 e. The largest absolute Gasteiger partial charge is 0.497 e. The van der Waals surface area contributed by atoms with E-state index >= 15 is 0 Å². The van der Waals surface area contributed by atoms with Crippen LogP contribution >= 0.6 is 23.2 Å². The van der Waals surface area contributed by atoms with Gasteiger partial charge in [0.1, 0.15) is 11.5 Å². The molecule has 0 saturated heterocycles. The molecule has 0 aromatic heterocycles. The third kappa shape index (κ3) is 5.76. The van der Waals surface area contributed by atoms with Crippen LogP contribution in [0, 0.1) is 0 Å². The monoisotopic (exact) mass is 427 g/mol. The summed E-state index contributed by atoms with van der Waals surface area (Å²) in [5.74, 6) is 1.60. The summed E-state index contributed by atoms with van der Waals surface area (Å²) in [7, 11) is 3.29. The fourth-order valence-electron chi connectivity index (χ4n) is 2.61. The number of allylic oxidation sites excluding steroid dienone is 1. The number of ether oxygens (including phenoxy) is 2. The maximum Gasteiger partial charge on any atom is 0.203 e. The molecule has 0 unspecified atom stereocenters. The van der Waals surface area contributed by atoms with Crippen LogP contribution in [0.4, 0.5) is 11.4 Å². The third-order valence-electron chi connectivity index (χ3n) is 4.19. The van der Waals surface area contributed by atoms with Gasteiger partial charge in [0, 0.05) is 23.9 Å². The first-order chi connectivity index (χ1) is 14.1. The first kappa shape index (κ1) is 20.8. The topological polar surface area (TPSA) is 44.5 Å². The van der Waals surface area contributed by atoms with E-state index < -0.39 is 0 Å². The van der Waals surface area contributed by atoms with Crippen molar-refractivity contribution in [3.8, 4) is 11.5 Å². The molecule has 0 spiro atoms. The van der Waals surface area contributed by atoms with Gasteiger partial charge in [0.15, 0.2) is 6.21 Å². The minimum Gasteiger partial charge on any atom is -0.497 e. The van der Waals surface area contributed by atoms with Gasteiger partial charge >= 0.3 is 0 Å². The van der Waals surface area contributed by atoms with Gasteiger partial charge in [-0.15, -0.1) is 0 Å². The highest BCUT2D eigenvalue weighted by Crippen LogP contribution is 2.27. The minimum absolute atomic E-state index is 0.495. The van der Waals surface area contributed by atoms with Crippen molar-refractivity contribution in [3.05, 3.63) is 88.4 Å². The predicted molar refractivity (Wildman–Crippen MR) is 121 cm³/mol. The van der Waals surface area contributed by atoms with Crippen molar-refractivity contribution in [2.45, 2.75) is 0 Å². The Morgan fingerprint density at radius 2 is 1.45 bits per heavy atom. The molecule has 0 heterocycles. The lowest BCUT2D eigenvalue weighted by atomic mass is 10.1. The van der Waals surface area contributed by atoms with Crippen LogP contribution in [0.1, 0.15) is 5.56 Å². The number of hydrogen-bond donors (Lipinski definition) is 2. The van der Waals surface area contributed by atoms with Crippen molar-refractivity contribution in [1.82, 2.24) is 0 Å². The van der Waals surface area contributed by atoms with Crippen LogP contribution in [0.2, 0.25) is 10.0 Å². The molecule has 2 N–H and O–H groups in total. The quantitative estimate of drug-likeness (QED) is 0.524. The first-order valence-electron chi connectivity index (χ1n) is 8.89. The van der Waals surface area contributed by atoms with Crippen LogP contribution in [-0.4, -0.2) is 20.4 Å². The molecule has 0 atom stereocenters. The van der Waals surface area contributed by atoms with E-state index in [0.717, 1.165) is 34.1 Å². The molecular weight excluding hydrogens is 407 g/mol. The summed E-state index contributed by atoms with van der Waals surface area (Å²) >= 11 is 12.3. The van der Waals surface area contributed by atoms with E-state index in [-0.39, 0.29) is 0 Å². The molecule has 0 aliphatic heterocycles. The molecule has 3 aromatic carbocycles. The molecule has 0 aliphatic carbocycles. The Morgan fingerprint density at radius 1 is 0.828 bits per heavy atom. The van der Waals surface area contributed by atoms with Crippen molar-refractivity contribution in [2.75, 3.05) is 19.5 Å². The third-order valence-corrected chi connectivity index (χ3v) is 4.93. The summed E-state index contributed by atoms with van der Waals surface area (Å²) in [6.45, 7) is 0. The van der Waals surface area contributed by atoms with Crippen LogP contribution in [0.25, 0.3) is 5.70 Å². The van der Waals surface area contributed by atoms with E-state index in [1.807, 2.05) is 73.0 Å². The highest BCUT2D eigenvalue weighted by Gasteiger charge is 2.06. The van der Waals surface area contributed by atoms with Gasteiger partial charge < -0.3 is 14.8 Å². The van der Waals surface area contributed by atoms with Gasteiger partial charge in [-0.25, -0.2) is 4.99 Å². The Labute approximate surface area is 180 Å². The number of methoxy groups -OCH3 is 2. The van der Waals surface area contributed by atoms with Gasteiger partial charge in [0.05, 0.1) is 30.0 Å². The lowest BCUT2D eigenvalue weighted by Gasteiger charge is -2.12. The summed E-state index contributed by atoms with van der Waals surface area (Å²) in [6, 6.07) is 20.9. The summed E-state index contributed by atoms with van der Waals surface area (Å²) in [5, 5.41) is 4.42. The number of halogens is 2. The zero-order valence-electron chi connectivity index (χ0n) is 16.1. The summed E-state index contributed by atoms with van der Waals surface area (Å²) in [4.78, 5) is 3.25. The molecular formula is C23H21Cl2N2O2+. The van der Waals surface area contributed by atoms with Gasteiger partial charge in [-0.05, 0) is 54.1 Å². The molecule has 4 nitrogen and oxygen atoms in total. The van der Waals surface area contributed by atoms with E-state index in [9.17, 15) is 0 Å². The Kier molecular flexibility index (Phi) is 7.17. The molecule has 29 heavy (non-hydrogen) atoms. The molecule has 0 saturated carbocycles. The highest BCUT2D eigenvalue weighted by molar-refractivity contribution is 6.42. The molecule has 148 valence electrons. The maximum absolute atomic E-state index is 6.22. The zero-order valence-corrected chi connectivity index (χ0v) is 17.6. The fraction of sp³-hybridized carbons (Fsp3) is 0.0870. The van der Waals surface area contributed by atoms with Crippen LogP contribution in [0.15, 0.2) is 72.8 Å². The van der Waals surface area contributed by atoms with Crippen LogP contribution < -0.4 is 19.8 Å². The van der Waals surface area contributed by atoms with E-state index in [1.165, 1.54) is 0 Å². The first-order valence-corrected chi connectivity index (χ1v) is 9.65. The molecule has 0 amide bonds. The summed E-state index contributed by atoms with van der Waals surface area (Å²) < 4.78 is 10.4. The lowest BCUT2D eigenvalue weighted by Crippen LogP contribution is -2.60. The average molecular weight is 428 g/mol. The Bertz CT molecular complexity index is 1010. The van der Waals surface area contributed by atoms with E-state index in [4.69, 9.17) is 32.7 Å². The molecule has 0 radical (unpaired) electrons. The maximum atomic E-state index is 6.22. The summed E-state index contributed by atoms with van der Waals surface area (Å²) in [6.07, 6.45) is 3.80. The van der Waals surface area contributed by atoms with Gasteiger partial charge in [-0.1, -0.05) is 29.3 Å². The molecule has 0 bridgehead atoms. The second-order valence-corrected chi connectivity index (χ2v) is 6.92. The number of anilines is 1. The van der Waals surface area contributed by atoms with Crippen molar-refractivity contribution in [1.29, 1.82) is 0 Å². The van der Waals surface area contributed by atoms with Gasteiger partial charge in [-0.3, -0.25) is 0 Å². The highest BCUT2D eigenvalue weighted by atomic mass is 35.5. The number of nitrogens with one attached hydrogen (secondary N) is 2. The van der Waals surface area contributed by atoms with Gasteiger partial charge in [0.2, 0.25) is 5.69 Å². The molecule has 0 aliphatic rings. The number of rotatable bonds is 7. The van der Waals surface area contributed by atoms with Gasteiger partial charge in [0.25, 0.3) is 0 Å². The number of benzene rings is 3. The van der Waals surface area contributed by atoms with E-state index in [0.29, 0.717) is 10.0 Å². The fourth-order valence-corrected chi connectivity index (χ4v) is 2.91. The Balaban J connectivity index is 1.88. The summed E-state index contributed by atoms with van der Waals surface area (Å²) in [5.41, 5.74) is 3.62. The average Bonchev–Trinajstić information content (AvgIpc) is 2.76. The zero-order chi connectivity index (χ0) is 20.6. The predicted octanol–water partition coefficient (Wildman–Crippen LogP) is 4.95. The SMILES string of the molecule is COc1ccc(NC(=CC=[NH+]c2ccc(OC)cc2)c2ccc(Cl)c(Cl)c2)cc1. The van der Waals surface area contributed by atoms with Crippen molar-refractivity contribution in [3.63, 3.8) is 0 Å². The molecule has 3 rings (SSSR count). The Hall–Kier alpha value is -2.95.